The van der Waals surface area contributed by atoms with Gasteiger partial charge in [0.05, 0.1) is 5.39 Å². The highest BCUT2D eigenvalue weighted by molar-refractivity contribution is 5.98. The van der Waals surface area contributed by atoms with Crippen LogP contribution in [0.15, 0.2) is 48.9 Å². The van der Waals surface area contributed by atoms with Crippen molar-refractivity contribution >= 4 is 45.1 Å². The minimum Gasteiger partial charge on any atom is -0.465 e. The Labute approximate surface area is 159 Å². The van der Waals surface area contributed by atoms with E-state index in [-0.39, 0.29) is 0 Å². The van der Waals surface area contributed by atoms with Gasteiger partial charge in [-0.2, -0.15) is 0 Å². The summed E-state index contributed by atoms with van der Waals surface area (Å²) in [5.74, 6) is 0.727. The summed E-state index contributed by atoms with van der Waals surface area (Å²) in [6.45, 7) is 0.884. The molecule has 140 valence electrons. The zero-order valence-electron chi connectivity index (χ0n) is 14.9. The van der Waals surface area contributed by atoms with E-state index in [9.17, 15) is 4.79 Å². The number of hydrogen-bond donors (Lipinski definition) is 4. The normalized spacial score (nSPS) is 14.4. The lowest BCUT2D eigenvalue weighted by Gasteiger charge is -2.23. The molecule has 1 amide bonds. The molecule has 4 aromatic rings. The molecule has 0 atom stereocenters. The van der Waals surface area contributed by atoms with Gasteiger partial charge in [0, 0.05) is 41.6 Å². The van der Waals surface area contributed by atoms with Crippen LogP contribution in [0.5, 0.6) is 0 Å². The Balaban J connectivity index is 1.50. The molecule has 1 aromatic carbocycles. The maximum Gasteiger partial charge on any atom is 0.407 e. The van der Waals surface area contributed by atoms with Gasteiger partial charge in [0.25, 0.3) is 0 Å². The second-order valence-corrected chi connectivity index (χ2v) is 6.75. The SMILES string of the molecule is O=C(O)N1CC=C(c2cc3c(Nc4cccc5[nH]ccc45)ncnc3[nH]2)CC1. The quantitative estimate of drug-likeness (QED) is 0.434. The summed E-state index contributed by atoms with van der Waals surface area (Å²) < 4.78 is 0. The Morgan fingerprint density at radius 2 is 2.14 bits per heavy atom. The molecule has 4 heterocycles. The van der Waals surface area contributed by atoms with Crippen molar-refractivity contribution in [1.29, 1.82) is 0 Å². The summed E-state index contributed by atoms with van der Waals surface area (Å²) in [5, 5.41) is 14.5. The second kappa shape index (κ2) is 6.41. The summed E-state index contributed by atoms with van der Waals surface area (Å²) in [4.78, 5) is 27.8. The van der Waals surface area contributed by atoms with Gasteiger partial charge in [-0.15, -0.1) is 0 Å². The van der Waals surface area contributed by atoms with E-state index in [2.05, 4.69) is 25.3 Å². The van der Waals surface area contributed by atoms with Crippen LogP contribution in [0.3, 0.4) is 0 Å². The number of hydrogen-bond acceptors (Lipinski definition) is 4. The predicted molar refractivity (Wildman–Crippen MR) is 108 cm³/mol. The molecular weight excluding hydrogens is 356 g/mol. The van der Waals surface area contributed by atoms with Gasteiger partial charge in [-0.25, -0.2) is 14.8 Å². The first kappa shape index (κ1) is 16.4. The highest BCUT2D eigenvalue weighted by Gasteiger charge is 2.19. The van der Waals surface area contributed by atoms with Crippen LogP contribution >= 0.6 is 0 Å². The van der Waals surface area contributed by atoms with Crippen molar-refractivity contribution in [2.75, 3.05) is 18.4 Å². The number of nitrogens with one attached hydrogen (secondary N) is 3. The molecule has 8 heteroatoms. The Bertz CT molecular complexity index is 1220. The zero-order valence-corrected chi connectivity index (χ0v) is 14.9. The van der Waals surface area contributed by atoms with Crippen LogP contribution in [0.1, 0.15) is 12.1 Å². The third kappa shape index (κ3) is 2.75. The van der Waals surface area contributed by atoms with E-state index in [1.54, 1.807) is 0 Å². The number of aromatic nitrogens is 4. The lowest BCUT2D eigenvalue weighted by Crippen LogP contribution is -2.33. The molecule has 0 fully saturated rings. The molecule has 1 aliphatic rings. The van der Waals surface area contributed by atoms with Gasteiger partial charge in [-0.05, 0) is 36.3 Å². The monoisotopic (exact) mass is 374 g/mol. The number of carboxylic acid groups (broad SMARTS) is 1. The van der Waals surface area contributed by atoms with Gasteiger partial charge in [-0.3, -0.25) is 0 Å². The van der Waals surface area contributed by atoms with E-state index in [0.717, 1.165) is 44.7 Å². The first-order valence-corrected chi connectivity index (χ1v) is 9.03. The number of amides is 1. The van der Waals surface area contributed by atoms with E-state index in [0.29, 0.717) is 19.5 Å². The molecule has 4 N–H and O–H groups in total. The number of nitrogens with zero attached hydrogens (tertiary/aromatic N) is 3. The van der Waals surface area contributed by atoms with Crippen LogP contribution in [0.25, 0.3) is 27.5 Å². The third-order valence-corrected chi connectivity index (χ3v) is 5.10. The van der Waals surface area contributed by atoms with Crippen molar-refractivity contribution in [3.8, 4) is 0 Å². The lowest BCUT2D eigenvalue weighted by molar-refractivity contribution is 0.150. The molecular formula is C20H18N6O2. The molecule has 0 saturated carbocycles. The third-order valence-electron chi connectivity index (χ3n) is 5.10. The number of benzene rings is 1. The first-order valence-electron chi connectivity index (χ1n) is 9.03. The van der Waals surface area contributed by atoms with Gasteiger partial charge in [0.2, 0.25) is 0 Å². The van der Waals surface area contributed by atoms with Gasteiger partial charge in [0.15, 0.2) is 0 Å². The van der Waals surface area contributed by atoms with Crippen molar-refractivity contribution in [3.63, 3.8) is 0 Å². The predicted octanol–water partition coefficient (Wildman–Crippen LogP) is 3.95. The smallest absolute Gasteiger partial charge is 0.407 e. The standard InChI is InChI=1S/C20H18N6O2/c27-20(28)26-8-5-12(6-9-26)17-10-14-18(22-11-23-19(14)25-17)24-16-3-1-2-15-13(16)4-7-21-15/h1-5,7,10-11,21H,6,8-9H2,(H,27,28)(H2,22,23,24,25). The Hall–Kier alpha value is -3.81. The zero-order chi connectivity index (χ0) is 19.1. The van der Waals surface area contributed by atoms with Crippen LogP contribution in [-0.4, -0.2) is 49.1 Å². The number of carbonyl (C=O) groups is 1. The molecule has 5 rings (SSSR count). The molecule has 0 spiro atoms. The lowest BCUT2D eigenvalue weighted by atomic mass is 10.1. The van der Waals surface area contributed by atoms with Gasteiger partial charge >= 0.3 is 6.09 Å². The van der Waals surface area contributed by atoms with E-state index >= 15 is 0 Å². The Morgan fingerprint density at radius 1 is 1.21 bits per heavy atom. The molecule has 28 heavy (non-hydrogen) atoms. The first-order chi connectivity index (χ1) is 13.7. The van der Waals surface area contributed by atoms with Gasteiger partial charge < -0.3 is 25.3 Å². The highest BCUT2D eigenvalue weighted by atomic mass is 16.4. The maximum absolute atomic E-state index is 11.1. The fourth-order valence-corrected chi connectivity index (χ4v) is 3.62. The van der Waals surface area contributed by atoms with Crippen LogP contribution in [0, 0.1) is 0 Å². The van der Waals surface area contributed by atoms with Gasteiger partial charge in [0.1, 0.15) is 17.8 Å². The largest absolute Gasteiger partial charge is 0.465 e. The number of fused-ring (bicyclic) bond motifs is 2. The fraction of sp³-hybridized carbons (Fsp3) is 0.150. The average Bonchev–Trinajstić information content (AvgIpc) is 3.36. The van der Waals surface area contributed by atoms with E-state index < -0.39 is 6.09 Å². The van der Waals surface area contributed by atoms with Crippen molar-refractivity contribution in [3.05, 3.63) is 54.6 Å². The highest BCUT2D eigenvalue weighted by Crippen LogP contribution is 2.31. The van der Waals surface area contributed by atoms with E-state index in [4.69, 9.17) is 5.11 Å². The number of rotatable bonds is 3. The number of aromatic amines is 2. The van der Waals surface area contributed by atoms with Crippen molar-refractivity contribution in [2.24, 2.45) is 0 Å². The molecule has 0 saturated heterocycles. The summed E-state index contributed by atoms with van der Waals surface area (Å²) in [6, 6.07) is 10.1. The minimum atomic E-state index is -0.886. The second-order valence-electron chi connectivity index (χ2n) is 6.75. The summed E-state index contributed by atoms with van der Waals surface area (Å²) in [5.41, 5.74) is 4.81. The summed E-state index contributed by atoms with van der Waals surface area (Å²) in [6.07, 6.45) is 5.17. The van der Waals surface area contributed by atoms with Crippen LogP contribution in [0.4, 0.5) is 16.3 Å². The van der Waals surface area contributed by atoms with Crippen molar-refractivity contribution in [1.82, 2.24) is 24.8 Å². The molecule has 1 aliphatic heterocycles. The molecule has 0 bridgehead atoms. The Kier molecular flexibility index (Phi) is 3.75. The van der Waals surface area contributed by atoms with Crippen LogP contribution < -0.4 is 5.32 Å². The van der Waals surface area contributed by atoms with Crippen molar-refractivity contribution in [2.45, 2.75) is 6.42 Å². The topological polar surface area (TPSA) is 110 Å². The van der Waals surface area contributed by atoms with E-state index in [1.165, 1.54) is 11.2 Å². The molecule has 3 aromatic heterocycles. The number of anilines is 2. The maximum atomic E-state index is 11.1. The summed E-state index contributed by atoms with van der Waals surface area (Å²) >= 11 is 0. The number of H-pyrrole nitrogens is 2. The fourth-order valence-electron chi connectivity index (χ4n) is 3.62. The Morgan fingerprint density at radius 3 is 2.96 bits per heavy atom. The van der Waals surface area contributed by atoms with Crippen molar-refractivity contribution < 1.29 is 9.90 Å². The minimum absolute atomic E-state index is 0.395. The van der Waals surface area contributed by atoms with Crippen LogP contribution in [-0.2, 0) is 0 Å². The van der Waals surface area contributed by atoms with Gasteiger partial charge in [-0.1, -0.05) is 12.1 Å². The van der Waals surface area contributed by atoms with E-state index in [1.807, 2.05) is 42.6 Å². The molecule has 0 radical (unpaired) electrons. The molecule has 8 nitrogen and oxygen atoms in total. The average molecular weight is 374 g/mol. The molecule has 0 unspecified atom stereocenters. The molecule has 0 aliphatic carbocycles. The van der Waals surface area contributed by atoms with Crippen LogP contribution in [0.2, 0.25) is 0 Å². The summed E-state index contributed by atoms with van der Waals surface area (Å²) in [7, 11) is 0.